The molecule has 4 heteroatoms. The lowest BCUT2D eigenvalue weighted by atomic mass is 9.92. The van der Waals surface area contributed by atoms with E-state index in [1.165, 1.54) is 0 Å². The first-order chi connectivity index (χ1) is 5.77. The van der Waals surface area contributed by atoms with E-state index in [2.05, 4.69) is 5.32 Å². The van der Waals surface area contributed by atoms with Crippen molar-refractivity contribution in [3.63, 3.8) is 0 Å². The zero-order valence-corrected chi connectivity index (χ0v) is 8.79. The Bertz CT molecular complexity index is 178. The number of hydrogen-bond donors (Lipinski definition) is 3. The fourth-order valence-electron chi connectivity index (χ4n) is 0.674. The van der Waals surface area contributed by atoms with Gasteiger partial charge in [-0.15, -0.1) is 0 Å². The first-order valence-electron chi connectivity index (χ1n) is 4.48. The minimum Gasteiger partial charge on any atom is -0.392 e. The fraction of sp³-hybridized carbons (Fsp3) is 0.889. The third-order valence-electron chi connectivity index (χ3n) is 2.26. The zero-order valence-electron chi connectivity index (χ0n) is 8.79. The van der Waals surface area contributed by atoms with Crippen LogP contribution in [-0.2, 0) is 4.79 Å². The highest BCUT2D eigenvalue weighted by Crippen LogP contribution is 2.12. The maximum Gasteiger partial charge on any atom is 0.224 e. The Morgan fingerprint density at radius 1 is 1.54 bits per heavy atom. The second-order valence-corrected chi connectivity index (χ2v) is 4.16. The topological polar surface area (TPSA) is 75.3 Å². The van der Waals surface area contributed by atoms with Gasteiger partial charge in [-0.1, -0.05) is 0 Å². The van der Waals surface area contributed by atoms with E-state index in [-0.39, 0.29) is 11.9 Å². The number of amides is 1. The lowest BCUT2D eigenvalue weighted by Gasteiger charge is -2.25. The number of carbonyl (C=O) groups excluding carboxylic acids is 1. The molecule has 1 amide bonds. The SMILES string of the molecule is CC(O)C(C)NCC(C)(C)C(N)=O. The van der Waals surface area contributed by atoms with Crippen molar-refractivity contribution in [3.8, 4) is 0 Å². The van der Waals surface area contributed by atoms with Gasteiger partial charge < -0.3 is 16.2 Å². The van der Waals surface area contributed by atoms with Crippen LogP contribution in [0.3, 0.4) is 0 Å². The van der Waals surface area contributed by atoms with Crippen molar-refractivity contribution in [1.29, 1.82) is 0 Å². The van der Waals surface area contributed by atoms with Gasteiger partial charge in [-0.05, 0) is 27.7 Å². The van der Waals surface area contributed by atoms with Gasteiger partial charge in [0.05, 0.1) is 11.5 Å². The molecule has 13 heavy (non-hydrogen) atoms. The van der Waals surface area contributed by atoms with Gasteiger partial charge in [0.15, 0.2) is 0 Å². The summed E-state index contributed by atoms with van der Waals surface area (Å²) in [4.78, 5) is 10.9. The molecule has 4 N–H and O–H groups in total. The van der Waals surface area contributed by atoms with Crippen molar-refractivity contribution < 1.29 is 9.90 Å². The van der Waals surface area contributed by atoms with E-state index in [0.717, 1.165) is 0 Å². The van der Waals surface area contributed by atoms with Gasteiger partial charge in [0.25, 0.3) is 0 Å². The molecular weight excluding hydrogens is 168 g/mol. The molecule has 0 saturated carbocycles. The smallest absolute Gasteiger partial charge is 0.224 e. The summed E-state index contributed by atoms with van der Waals surface area (Å²) < 4.78 is 0. The van der Waals surface area contributed by atoms with Crippen molar-refractivity contribution >= 4 is 5.91 Å². The van der Waals surface area contributed by atoms with Gasteiger partial charge in [0, 0.05) is 12.6 Å². The third-order valence-corrected chi connectivity index (χ3v) is 2.26. The van der Waals surface area contributed by atoms with Crippen molar-refractivity contribution in [2.45, 2.75) is 39.8 Å². The maximum absolute atomic E-state index is 10.9. The number of aliphatic hydroxyl groups is 1. The monoisotopic (exact) mass is 188 g/mol. The highest BCUT2D eigenvalue weighted by atomic mass is 16.3. The van der Waals surface area contributed by atoms with Crippen LogP contribution in [-0.4, -0.2) is 29.7 Å². The van der Waals surface area contributed by atoms with Crippen LogP contribution >= 0.6 is 0 Å². The molecule has 0 aliphatic rings. The molecule has 2 atom stereocenters. The standard InChI is InChI=1S/C9H20N2O2/c1-6(7(2)12)11-5-9(3,4)8(10)13/h6-7,11-12H,5H2,1-4H3,(H2,10,13). The average Bonchev–Trinajstić information content (AvgIpc) is 1.99. The molecule has 0 aromatic carbocycles. The Morgan fingerprint density at radius 2 is 2.00 bits per heavy atom. The van der Waals surface area contributed by atoms with Crippen LogP contribution in [0.2, 0.25) is 0 Å². The molecule has 0 aliphatic carbocycles. The predicted molar refractivity (Wildman–Crippen MR) is 52.1 cm³/mol. The molecule has 2 unspecified atom stereocenters. The summed E-state index contributed by atoms with van der Waals surface area (Å²) in [6.07, 6.45) is -0.427. The van der Waals surface area contributed by atoms with Gasteiger partial charge in [-0.3, -0.25) is 4.79 Å². The van der Waals surface area contributed by atoms with Crippen LogP contribution in [0, 0.1) is 5.41 Å². The summed E-state index contributed by atoms with van der Waals surface area (Å²) in [5.41, 5.74) is 4.62. The second kappa shape index (κ2) is 4.58. The lowest BCUT2D eigenvalue weighted by Crippen LogP contribution is -2.45. The zero-order chi connectivity index (χ0) is 10.6. The van der Waals surface area contributed by atoms with Crippen molar-refractivity contribution in [2.24, 2.45) is 11.1 Å². The van der Waals surface area contributed by atoms with Crippen LogP contribution in [0.4, 0.5) is 0 Å². The Hall–Kier alpha value is -0.610. The number of nitrogens with one attached hydrogen (secondary N) is 1. The summed E-state index contributed by atoms with van der Waals surface area (Å²) in [5.74, 6) is -0.335. The number of aliphatic hydroxyl groups excluding tert-OH is 1. The van der Waals surface area contributed by atoms with Gasteiger partial charge in [0.2, 0.25) is 5.91 Å². The Labute approximate surface area is 79.5 Å². The predicted octanol–water partition coefficient (Wildman–Crippen LogP) is -0.143. The molecule has 0 rings (SSSR count). The van der Waals surface area contributed by atoms with E-state index in [9.17, 15) is 9.90 Å². The summed E-state index contributed by atoms with van der Waals surface area (Å²) in [7, 11) is 0. The molecule has 4 nitrogen and oxygen atoms in total. The molecule has 0 aliphatic heterocycles. The molecule has 0 fully saturated rings. The quantitative estimate of drug-likeness (QED) is 0.562. The van der Waals surface area contributed by atoms with Crippen molar-refractivity contribution in [1.82, 2.24) is 5.32 Å². The third kappa shape index (κ3) is 4.24. The van der Waals surface area contributed by atoms with Crippen molar-refractivity contribution in [2.75, 3.05) is 6.54 Å². The first-order valence-corrected chi connectivity index (χ1v) is 4.48. The number of nitrogens with two attached hydrogens (primary N) is 1. The van der Waals surface area contributed by atoms with Crippen molar-refractivity contribution in [3.05, 3.63) is 0 Å². The number of rotatable bonds is 5. The van der Waals surface area contributed by atoms with Gasteiger partial charge in [-0.2, -0.15) is 0 Å². The number of hydrogen-bond acceptors (Lipinski definition) is 3. The molecule has 0 bridgehead atoms. The summed E-state index contributed by atoms with van der Waals surface area (Å²) in [5, 5.41) is 12.2. The highest BCUT2D eigenvalue weighted by Gasteiger charge is 2.25. The maximum atomic E-state index is 10.9. The van der Waals surface area contributed by atoms with Crippen LogP contribution in [0.5, 0.6) is 0 Å². The molecule has 0 heterocycles. The van der Waals surface area contributed by atoms with Gasteiger partial charge in [0.1, 0.15) is 0 Å². The second-order valence-electron chi connectivity index (χ2n) is 4.16. The molecule has 78 valence electrons. The number of carbonyl (C=O) groups is 1. The largest absolute Gasteiger partial charge is 0.392 e. The Morgan fingerprint density at radius 3 is 2.31 bits per heavy atom. The van der Waals surface area contributed by atoms with E-state index in [0.29, 0.717) is 6.54 Å². The van der Waals surface area contributed by atoms with Gasteiger partial charge in [-0.25, -0.2) is 0 Å². The molecule has 0 radical (unpaired) electrons. The van der Waals surface area contributed by atoms with Crippen LogP contribution in [0.1, 0.15) is 27.7 Å². The van der Waals surface area contributed by atoms with Crippen LogP contribution < -0.4 is 11.1 Å². The van der Waals surface area contributed by atoms with Gasteiger partial charge >= 0.3 is 0 Å². The molecular formula is C9H20N2O2. The first kappa shape index (κ1) is 12.4. The van der Waals surface area contributed by atoms with E-state index in [1.807, 2.05) is 6.92 Å². The minimum atomic E-state index is -0.566. The molecule has 0 aromatic rings. The minimum absolute atomic E-state index is 0.0291. The van der Waals surface area contributed by atoms with E-state index in [1.54, 1.807) is 20.8 Å². The van der Waals surface area contributed by atoms with Crippen LogP contribution in [0.25, 0.3) is 0 Å². The molecule has 0 aromatic heterocycles. The summed E-state index contributed by atoms with van der Waals surface area (Å²) in [6.45, 7) is 7.60. The Balaban J connectivity index is 3.95. The van der Waals surface area contributed by atoms with E-state index < -0.39 is 11.5 Å². The van der Waals surface area contributed by atoms with Crippen LogP contribution in [0.15, 0.2) is 0 Å². The summed E-state index contributed by atoms with van der Waals surface area (Å²) >= 11 is 0. The molecule has 0 saturated heterocycles. The molecule has 0 spiro atoms. The van der Waals surface area contributed by atoms with E-state index in [4.69, 9.17) is 5.73 Å². The highest BCUT2D eigenvalue weighted by molar-refractivity contribution is 5.80. The lowest BCUT2D eigenvalue weighted by molar-refractivity contribution is -0.125. The fourth-order valence-corrected chi connectivity index (χ4v) is 0.674. The normalized spacial score (nSPS) is 16.7. The summed E-state index contributed by atoms with van der Waals surface area (Å²) in [6, 6.07) is -0.0291. The average molecular weight is 188 g/mol. The number of primary amides is 1. The Kier molecular flexibility index (Phi) is 4.36. The van der Waals surface area contributed by atoms with E-state index >= 15 is 0 Å².